The SMILES string of the molecule is Cc1c(N2CC(/C=C/NC(=O)OC(C)(C)C)[C@@H](C)C2)c(F)cc2c(=O)n(N)c(=O)n(C3CC3)c12. The largest absolute Gasteiger partial charge is 0.444 e. The molecular weight excluding hydrogens is 441 g/mol. The zero-order chi connectivity index (χ0) is 24.9. The van der Waals surface area contributed by atoms with E-state index >= 15 is 4.39 Å². The van der Waals surface area contributed by atoms with Gasteiger partial charge in [-0.1, -0.05) is 13.0 Å². The van der Waals surface area contributed by atoms with E-state index in [0.717, 1.165) is 12.8 Å². The Morgan fingerprint density at radius 1 is 1.26 bits per heavy atom. The van der Waals surface area contributed by atoms with Crippen LogP contribution < -0.4 is 27.3 Å². The molecule has 1 aliphatic carbocycles. The lowest BCUT2D eigenvalue weighted by atomic mass is 9.98. The number of nitrogens with two attached hydrogens (primary N) is 1. The van der Waals surface area contributed by atoms with Crippen molar-refractivity contribution in [2.24, 2.45) is 11.8 Å². The molecule has 3 N–H and O–H groups in total. The molecule has 34 heavy (non-hydrogen) atoms. The highest BCUT2D eigenvalue weighted by Crippen LogP contribution is 2.40. The number of nitrogens with zero attached hydrogens (tertiary/aromatic N) is 3. The van der Waals surface area contributed by atoms with Gasteiger partial charge in [0.05, 0.1) is 16.6 Å². The maximum atomic E-state index is 15.4. The van der Waals surface area contributed by atoms with Crippen molar-refractivity contribution in [1.29, 1.82) is 0 Å². The van der Waals surface area contributed by atoms with Gasteiger partial charge in [0.1, 0.15) is 11.4 Å². The first-order valence-corrected chi connectivity index (χ1v) is 11.6. The fourth-order valence-corrected chi connectivity index (χ4v) is 4.69. The van der Waals surface area contributed by atoms with Gasteiger partial charge < -0.3 is 15.5 Å². The quantitative estimate of drug-likeness (QED) is 0.661. The van der Waals surface area contributed by atoms with Crippen molar-refractivity contribution in [3.8, 4) is 0 Å². The first kappa shape index (κ1) is 23.8. The van der Waals surface area contributed by atoms with E-state index in [9.17, 15) is 14.4 Å². The number of hydrogen-bond acceptors (Lipinski definition) is 6. The Balaban J connectivity index is 1.64. The molecule has 0 bridgehead atoms. The number of aryl methyl sites for hydroxylation is 1. The Morgan fingerprint density at radius 3 is 2.56 bits per heavy atom. The van der Waals surface area contributed by atoms with Gasteiger partial charge >= 0.3 is 11.8 Å². The lowest BCUT2D eigenvalue weighted by molar-refractivity contribution is 0.0552. The van der Waals surface area contributed by atoms with Gasteiger partial charge in [-0.25, -0.2) is 14.0 Å². The van der Waals surface area contributed by atoms with Gasteiger partial charge in [0.25, 0.3) is 5.56 Å². The molecule has 1 saturated heterocycles. The van der Waals surface area contributed by atoms with Gasteiger partial charge in [0.15, 0.2) is 0 Å². The lowest BCUT2D eigenvalue weighted by Gasteiger charge is -2.24. The van der Waals surface area contributed by atoms with Crippen molar-refractivity contribution < 1.29 is 13.9 Å². The Morgan fingerprint density at radius 2 is 1.94 bits per heavy atom. The number of carbonyl (C=O) groups is 1. The fraction of sp³-hybridized carbons (Fsp3) is 0.542. The molecule has 1 saturated carbocycles. The number of carbonyl (C=O) groups excluding carboxylic acids is 1. The summed E-state index contributed by atoms with van der Waals surface area (Å²) in [6.45, 7) is 10.3. The topological polar surface area (TPSA) is 112 Å². The van der Waals surface area contributed by atoms with Gasteiger partial charge in [0, 0.05) is 36.8 Å². The molecule has 2 atom stereocenters. The molecule has 2 fully saturated rings. The zero-order valence-electron chi connectivity index (χ0n) is 20.2. The second-order valence-electron chi connectivity index (χ2n) is 10.3. The summed E-state index contributed by atoms with van der Waals surface area (Å²) in [5, 5.41) is 2.72. The molecule has 1 aromatic heterocycles. The van der Waals surface area contributed by atoms with Crippen molar-refractivity contribution in [2.45, 2.75) is 59.1 Å². The summed E-state index contributed by atoms with van der Waals surface area (Å²) in [6.07, 6.45) is 4.55. The molecule has 0 radical (unpaired) electrons. The van der Waals surface area contributed by atoms with Gasteiger partial charge in [-0.15, -0.1) is 0 Å². The second-order valence-corrected chi connectivity index (χ2v) is 10.3. The highest BCUT2D eigenvalue weighted by molar-refractivity contribution is 5.87. The standard InChI is InChI=1S/C24H32FN5O4/c1-13-11-28(12-15(13)8-9-27-22(32)34-24(3,4)5)20-14(2)19-17(10-18(20)25)21(31)30(26)23(33)29(19)16-6-7-16/h8-10,13,15-16H,6-7,11-12,26H2,1-5H3,(H,27,32)/b9-8+/t13-,15?/m0/s1. The maximum Gasteiger partial charge on any atom is 0.411 e. The van der Waals surface area contributed by atoms with Gasteiger partial charge in [0.2, 0.25) is 0 Å². The first-order valence-electron chi connectivity index (χ1n) is 11.6. The summed E-state index contributed by atoms with van der Waals surface area (Å²) in [5.74, 6) is 5.43. The Labute approximate surface area is 196 Å². The Hall–Kier alpha value is -3.30. The molecule has 4 rings (SSSR count). The van der Waals surface area contributed by atoms with Crippen molar-refractivity contribution in [2.75, 3.05) is 23.8 Å². The number of halogens is 1. The molecule has 2 aliphatic rings. The number of rotatable bonds is 4. The van der Waals surface area contributed by atoms with Crippen LogP contribution in [0, 0.1) is 24.6 Å². The summed E-state index contributed by atoms with van der Waals surface area (Å²) in [6, 6.07) is 1.16. The number of nitrogen functional groups attached to an aromatic ring is 1. The predicted octanol–water partition coefficient (Wildman–Crippen LogP) is 2.77. The molecule has 9 nitrogen and oxygen atoms in total. The summed E-state index contributed by atoms with van der Waals surface area (Å²) in [5.41, 5.74) is -0.471. The third-order valence-electron chi connectivity index (χ3n) is 6.41. The lowest BCUT2D eigenvalue weighted by Crippen LogP contribution is -2.44. The number of nitrogens with one attached hydrogen (secondary N) is 1. The average Bonchev–Trinajstić information content (AvgIpc) is 3.49. The van der Waals surface area contributed by atoms with E-state index in [4.69, 9.17) is 10.6 Å². The van der Waals surface area contributed by atoms with Crippen molar-refractivity contribution >= 4 is 22.7 Å². The summed E-state index contributed by atoms with van der Waals surface area (Å²) < 4.78 is 22.7. The zero-order valence-corrected chi connectivity index (χ0v) is 20.2. The third-order valence-corrected chi connectivity index (χ3v) is 6.41. The van der Waals surface area contributed by atoms with Crippen LogP contribution in [0.1, 0.15) is 52.1 Å². The van der Waals surface area contributed by atoms with Crippen LogP contribution in [0.2, 0.25) is 0 Å². The van der Waals surface area contributed by atoms with Crippen LogP contribution in [0.5, 0.6) is 0 Å². The van der Waals surface area contributed by atoms with Crippen LogP contribution in [0.3, 0.4) is 0 Å². The van der Waals surface area contributed by atoms with Crippen LogP contribution >= 0.6 is 0 Å². The minimum atomic E-state index is -0.700. The second kappa shape index (κ2) is 8.48. The molecule has 1 aromatic carbocycles. The Bertz CT molecular complexity index is 1290. The molecule has 10 heteroatoms. The first-order chi connectivity index (χ1) is 15.9. The molecule has 1 aliphatic heterocycles. The monoisotopic (exact) mass is 473 g/mol. The summed E-state index contributed by atoms with van der Waals surface area (Å²) >= 11 is 0. The number of anilines is 1. The molecule has 2 aromatic rings. The van der Waals surface area contributed by atoms with E-state index in [-0.39, 0.29) is 23.3 Å². The smallest absolute Gasteiger partial charge is 0.411 e. The van der Waals surface area contributed by atoms with Gasteiger partial charge in [-0.2, -0.15) is 4.68 Å². The van der Waals surface area contributed by atoms with Crippen LogP contribution in [0.15, 0.2) is 27.9 Å². The molecule has 1 unspecified atom stereocenters. The minimum absolute atomic E-state index is 0.0328. The number of amides is 1. The molecule has 1 amide bonds. The number of alkyl carbamates (subject to hydrolysis) is 1. The fourth-order valence-electron chi connectivity index (χ4n) is 4.69. The number of hydrogen-bond donors (Lipinski definition) is 2. The minimum Gasteiger partial charge on any atom is -0.444 e. The van der Waals surface area contributed by atoms with Gasteiger partial charge in [-0.3, -0.25) is 14.7 Å². The Kier molecular flexibility index (Phi) is 5.95. The van der Waals surface area contributed by atoms with Crippen molar-refractivity contribution in [3.63, 3.8) is 0 Å². The van der Waals surface area contributed by atoms with Crippen LogP contribution in [-0.2, 0) is 4.74 Å². The van der Waals surface area contributed by atoms with Crippen molar-refractivity contribution in [3.05, 3.63) is 50.6 Å². The normalized spacial score (nSPS) is 20.9. The highest BCUT2D eigenvalue weighted by Gasteiger charge is 2.34. The number of fused-ring (bicyclic) bond motifs is 1. The molecule has 0 spiro atoms. The highest BCUT2D eigenvalue weighted by atomic mass is 19.1. The van der Waals surface area contributed by atoms with E-state index in [1.807, 2.05) is 11.0 Å². The maximum absolute atomic E-state index is 15.4. The van der Waals surface area contributed by atoms with E-state index < -0.39 is 28.8 Å². The summed E-state index contributed by atoms with van der Waals surface area (Å²) in [7, 11) is 0. The van der Waals surface area contributed by atoms with E-state index in [1.165, 1.54) is 10.6 Å². The summed E-state index contributed by atoms with van der Waals surface area (Å²) in [4.78, 5) is 39.2. The van der Waals surface area contributed by atoms with Crippen molar-refractivity contribution in [1.82, 2.24) is 14.6 Å². The third kappa shape index (κ3) is 4.41. The number of aromatic nitrogens is 2. The molecule has 2 heterocycles. The van der Waals surface area contributed by atoms with E-state index in [0.29, 0.717) is 34.5 Å². The van der Waals surface area contributed by atoms with E-state index in [1.54, 1.807) is 33.9 Å². The van der Waals surface area contributed by atoms with Crippen LogP contribution in [0.4, 0.5) is 14.9 Å². The molecular formula is C24H32FN5O4. The number of ether oxygens (including phenoxy) is 1. The average molecular weight is 474 g/mol. The van der Waals surface area contributed by atoms with Gasteiger partial charge in [-0.05, 0) is 52.5 Å². The predicted molar refractivity (Wildman–Crippen MR) is 129 cm³/mol. The molecule has 184 valence electrons. The number of benzene rings is 1. The van der Waals surface area contributed by atoms with Crippen LogP contribution in [-0.4, -0.2) is 34.0 Å². The van der Waals surface area contributed by atoms with Crippen LogP contribution in [0.25, 0.3) is 10.9 Å². The van der Waals surface area contributed by atoms with E-state index in [2.05, 4.69) is 12.2 Å².